The van der Waals surface area contributed by atoms with Gasteiger partial charge < -0.3 is 9.47 Å². The molecule has 2 aliphatic rings. The van der Waals surface area contributed by atoms with Gasteiger partial charge in [-0.15, -0.1) is 0 Å². The molecule has 3 rings (SSSR count). The normalized spacial score (nSPS) is 24.2. The van der Waals surface area contributed by atoms with Crippen molar-refractivity contribution in [1.82, 2.24) is 4.72 Å². The maximum Gasteiger partial charge on any atom is 0.214 e. The van der Waals surface area contributed by atoms with E-state index in [9.17, 15) is 8.42 Å². The number of nitrogens with one attached hydrogen (secondary N) is 1. The van der Waals surface area contributed by atoms with Crippen molar-refractivity contribution in [2.24, 2.45) is 0 Å². The molecule has 1 fully saturated rings. The van der Waals surface area contributed by atoms with E-state index in [1.165, 1.54) is 7.11 Å². The first kappa shape index (κ1) is 16.7. The van der Waals surface area contributed by atoms with Crippen LogP contribution in [0.2, 0.25) is 0 Å². The first-order valence-electron chi connectivity index (χ1n) is 8.24. The molecule has 0 bridgehead atoms. The predicted molar refractivity (Wildman–Crippen MR) is 89.0 cm³/mol. The minimum atomic E-state index is -3.41. The van der Waals surface area contributed by atoms with Crippen molar-refractivity contribution in [3.8, 4) is 5.75 Å². The standard InChI is InChI=1S/C17H25NO4S/c1-13(21-2)12-23(19,20)18-15-11-17(9-5-6-10-17)22-16-8-4-3-7-14(15)16/h3-4,7-8,13,15,18H,5-6,9-12H2,1-2H3/t13-,15-/m0/s1. The van der Waals surface area contributed by atoms with E-state index in [0.29, 0.717) is 6.42 Å². The Balaban J connectivity index is 1.85. The molecule has 1 spiro atoms. The van der Waals surface area contributed by atoms with Crippen molar-refractivity contribution in [3.63, 3.8) is 0 Å². The maximum atomic E-state index is 12.4. The fraction of sp³-hybridized carbons (Fsp3) is 0.647. The lowest BCUT2D eigenvalue weighted by molar-refractivity contribution is 0.0402. The third kappa shape index (κ3) is 3.70. The summed E-state index contributed by atoms with van der Waals surface area (Å²) in [6, 6.07) is 7.52. The van der Waals surface area contributed by atoms with Crippen molar-refractivity contribution < 1.29 is 17.9 Å². The molecule has 23 heavy (non-hydrogen) atoms. The fourth-order valence-corrected chi connectivity index (χ4v) is 5.18. The number of benzene rings is 1. The molecule has 0 aromatic heterocycles. The minimum absolute atomic E-state index is 0.0317. The quantitative estimate of drug-likeness (QED) is 0.896. The molecule has 1 saturated carbocycles. The van der Waals surface area contributed by atoms with E-state index >= 15 is 0 Å². The second-order valence-electron chi connectivity index (χ2n) is 6.73. The molecule has 6 heteroatoms. The van der Waals surface area contributed by atoms with Crippen molar-refractivity contribution in [3.05, 3.63) is 29.8 Å². The fourth-order valence-electron chi connectivity index (χ4n) is 3.69. The highest BCUT2D eigenvalue weighted by Crippen LogP contribution is 2.47. The number of hydrogen-bond acceptors (Lipinski definition) is 4. The van der Waals surface area contributed by atoms with Crippen LogP contribution >= 0.6 is 0 Å². The highest BCUT2D eigenvalue weighted by molar-refractivity contribution is 7.89. The molecule has 1 aliphatic carbocycles. The monoisotopic (exact) mass is 339 g/mol. The topological polar surface area (TPSA) is 64.6 Å². The van der Waals surface area contributed by atoms with Crippen LogP contribution in [0.25, 0.3) is 0 Å². The molecule has 5 nitrogen and oxygen atoms in total. The highest BCUT2D eigenvalue weighted by atomic mass is 32.2. The molecule has 1 heterocycles. The van der Waals surface area contributed by atoms with Crippen LogP contribution < -0.4 is 9.46 Å². The van der Waals surface area contributed by atoms with Crippen molar-refractivity contribution in [2.45, 2.75) is 56.8 Å². The molecule has 2 atom stereocenters. The van der Waals surface area contributed by atoms with Crippen LogP contribution in [0, 0.1) is 0 Å². The summed E-state index contributed by atoms with van der Waals surface area (Å²) in [6.07, 6.45) is 4.64. The van der Waals surface area contributed by atoms with Crippen LogP contribution in [-0.2, 0) is 14.8 Å². The van der Waals surface area contributed by atoms with Gasteiger partial charge in [-0.3, -0.25) is 0 Å². The van der Waals surface area contributed by atoms with Crippen LogP contribution in [0.4, 0.5) is 0 Å². The van der Waals surface area contributed by atoms with Crippen LogP contribution in [0.1, 0.15) is 50.6 Å². The number of fused-ring (bicyclic) bond motifs is 1. The summed E-state index contributed by atoms with van der Waals surface area (Å²) in [4.78, 5) is 0. The molecular formula is C17H25NO4S. The molecule has 1 aromatic rings. The van der Waals surface area contributed by atoms with Gasteiger partial charge in [0, 0.05) is 19.1 Å². The third-order valence-corrected chi connectivity index (χ3v) is 6.44. The molecule has 1 aromatic carbocycles. The zero-order chi connectivity index (χ0) is 16.5. The Morgan fingerprint density at radius 3 is 2.74 bits per heavy atom. The molecule has 0 amide bonds. The largest absolute Gasteiger partial charge is 0.487 e. The van der Waals surface area contributed by atoms with Crippen molar-refractivity contribution in [1.29, 1.82) is 0 Å². The van der Waals surface area contributed by atoms with Gasteiger partial charge in [-0.25, -0.2) is 13.1 Å². The SMILES string of the molecule is CO[C@@H](C)CS(=O)(=O)N[C@H]1CC2(CCCC2)Oc2ccccc21. The summed E-state index contributed by atoms with van der Waals surface area (Å²) in [5.74, 6) is 0.781. The van der Waals surface area contributed by atoms with Crippen molar-refractivity contribution in [2.75, 3.05) is 12.9 Å². The van der Waals surface area contributed by atoms with Gasteiger partial charge in [0.05, 0.1) is 17.9 Å². The minimum Gasteiger partial charge on any atom is -0.487 e. The number of methoxy groups -OCH3 is 1. The Labute approximate surface area is 138 Å². The first-order valence-corrected chi connectivity index (χ1v) is 9.89. The zero-order valence-corrected chi connectivity index (χ0v) is 14.6. The Hall–Kier alpha value is -1.11. The lowest BCUT2D eigenvalue weighted by Gasteiger charge is -2.40. The lowest BCUT2D eigenvalue weighted by atomic mass is 9.86. The van der Waals surface area contributed by atoms with Gasteiger partial charge >= 0.3 is 0 Å². The summed E-state index contributed by atoms with van der Waals surface area (Å²) in [6.45, 7) is 1.76. The van der Waals surface area contributed by atoms with E-state index in [2.05, 4.69) is 4.72 Å². The average molecular weight is 339 g/mol. The van der Waals surface area contributed by atoms with Gasteiger partial charge in [0.15, 0.2) is 0 Å². The molecule has 0 radical (unpaired) electrons. The lowest BCUT2D eigenvalue weighted by Crippen LogP contribution is -2.44. The van der Waals surface area contributed by atoms with Crippen LogP contribution in [-0.4, -0.2) is 33.0 Å². The van der Waals surface area contributed by atoms with E-state index in [-0.39, 0.29) is 23.5 Å². The molecule has 0 unspecified atom stereocenters. The predicted octanol–water partition coefficient (Wildman–Crippen LogP) is 2.78. The van der Waals surface area contributed by atoms with Crippen molar-refractivity contribution >= 4 is 10.0 Å². The van der Waals surface area contributed by atoms with Gasteiger partial charge in [0.25, 0.3) is 0 Å². The van der Waals surface area contributed by atoms with E-state index in [1.807, 2.05) is 24.3 Å². The number of ether oxygens (including phenoxy) is 2. The number of para-hydroxylation sites is 1. The summed E-state index contributed by atoms with van der Waals surface area (Å²) < 4.78 is 39.1. The van der Waals surface area contributed by atoms with E-state index in [4.69, 9.17) is 9.47 Å². The number of rotatable bonds is 5. The highest BCUT2D eigenvalue weighted by Gasteiger charge is 2.43. The van der Waals surface area contributed by atoms with E-state index in [0.717, 1.165) is 37.0 Å². The van der Waals surface area contributed by atoms with Gasteiger partial charge in [-0.1, -0.05) is 18.2 Å². The molecule has 1 aliphatic heterocycles. The number of sulfonamides is 1. The summed E-state index contributed by atoms with van der Waals surface area (Å²) in [5.41, 5.74) is 0.715. The van der Waals surface area contributed by atoms with E-state index in [1.54, 1.807) is 6.92 Å². The summed E-state index contributed by atoms with van der Waals surface area (Å²) in [7, 11) is -1.89. The molecular weight excluding hydrogens is 314 g/mol. The average Bonchev–Trinajstić information content (AvgIpc) is 2.93. The molecule has 1 N–H and O–H groups in total. The van der Waals surface area contributed by atoms with Crippen LogP contribution in [0.3, 0.4) is 0 Å². The van der Waals surface area contributed by atoms with Gasteiger partial charge in [0.2, 0.25) is 10.0 Å². The van der Waals surface area contributed by atoms with Gasteiger partial charge in [0.1, 0.15) is 11.4 Å². The summed E-state index contributed by atoms with van der Waals surface area (Å²) in [5, 5.41) is 0. The Morgan fingerprint density at radius 1 is 1.35 bits per heavy atom. The molecule has 128 valence electrons. The Bertz CT molecular complexity index is 652. The van der Waals surface area contributed by atoms with Crippen LogP contribution in [0.15, 0.2) is 24.3 Å². The number of hydrogen-bond donors (Lipinski definition) is 1. The zero-order valence-electron chi connectivity index (χ0n) is 13.7. The molecule has 0 saturated heterocycles. The first-order chi connectivity index (χ1) is 10.9. The maximum absolute atomic E-state index is 12.4. The van der Waals surface area contributed by atoms with Crippen LogP contribution in [0.5, 0.6) is 5.75 Å². The van der Waals surface area contributed by atoms with E-state index < -0.39 is 10.0 Å². The second kappa shape index (κ2) is 6.42. The smallest absolute Gasteiger partial charge is 0.214 e. The third-order valence-electron chi connectivity index (χ3n) is 4.89. The van der Waals surface area contributed by atoms with Gasteiger partial charge in [-0.05, 0) is 38.7 Å². The second-order valence-corrected chi connectivity index (χ2v) is 8.53. The Kier molecular flexibility index (Phi) is 4.67. The van der Waals surface area contributed by atoms with Gasteiger partial charge in [-0.2, -0.15) is 0 Å². The summed E-state index contributed by atoms with van der Waals surface area (Å²) >= 11 is 0. The Morgan fingerprint density at radius 2 is 2.04 bits per heavy atom.